The Balaban J connectivity index is 0.000000140. The molecule has 84 valence electrons. The largest absolute Gasteiger partial charge is 0.406 e. The van der Waals surface area contributed by atoms with Gasteiger partial charge in [-0.1, -0.05) is 12.8 Å². The highest BCUT2D eigenvalue weighted by molar-refractivity contribution is 6.48. The van der Waals surface area contributed by atoms with Gasteiger partial charge in [0.15, 0.2) is 0 Å². The van der Waals surface area contributed by atoms with E-state index in [1.54, 1.807) is 0 Å². The van der Waals surface area contributed by atoms with Crippen molar-refractivity contribution in [1.29, 1.82) is 0 Å². The first-order chi connectivity index (χ1) is 6.79. The van der Waals surface area contributed by atoms with Gasteiger partial charge in [-0.05, 0) is 24.9 Å². The van der Waals surface area contributed by atoms with Crippen molar-refractivity contribution in [3.8, 4) is 0 Å². The Kier molecular flexibility index (Phi) is 6.66. The van der Waals surface area contributed by atoms with Crippen LogP contribution in [0, 0.1) is 0 Å². The van der Waals surface area contributed by atoms with Crippen LogP contribution in [0.4, 0.5) is 0 Å². The number of nitrogens with two attached hydrogens (primary N) is 2. The van der Waals surface area contributed by atoms with Crippen molar-refractivity contribution in [2.75, 3.05) is 13.2 Å². The van der Waals surface area contributed by atoms with E-state index in [0.29, 0.717) is 0 Å². The molecule has 0 aromatic carbocycles. The van der Waals surface area contributed by atoms with E-state index in [4.69, 9.17) is 19.7 Å². The molecule has 0 aromatic rings. The topological polar surface area (TPSA) is 70.5 Å². The van der Waals surface area contributed by atoms with Crippen LogP contribution >= 0.6 is 0 Å². The van der Waals surface area contributed by atoms with Gasteiger partial charge in [0.25, 0.3) is 0 Å². The van der Waals surface area contributed by atoms with Gasteiger partial charge in [0, 0.05) is 13.2 Å². The zero-order valence-corrected chi connectivity index (χ0v) is 11.1. The summed E-state index contributed by atoms with van der Waals surface area (Å²) in [7, 11) is -2.19. The predicted octanol–water partition coefficient (Wildman–Crippen LogP) is -0.0480. The molecule has 2 aliphatic heterocycles. The van der Waals surface area contributed by atoms with Gasteiger partial charge in [0.2, 0.25) is 18.4 Å². The molecular weight excluding hydrogens is 212 g/mol. The average Bonchev–Trinajstić information content (AvgIpc) is 2.21. The molecule has 6 heteroatoms. The molecule has 14 heavy (non-hydrogen) atoms. The van der Waals surface area contributed by atoms with Crippen LogP contribution in [0.15, 0.2) is 0 Å². The lowest BCUT2D eigenvalue weighted by Gasteiger charge is -2.15. The molecule has 4 N–H and O–H groups in total. The fourth-order valence-corrected chi connectivity index (χ4v) is 4.19. The van der Waals surface area contributed by atoms with Gasteiger partial charge in [0.05, 0.1) is 0 Å². The summed E-state index contributed by atoms with van der Waals surface area (Å²) in [6, 6.07) is 2.36. The van der Waals surface area contributed by atoms with Crippen LogP contribution in [0.3, 0.4) is 0 Å². The third-order valence-corrected chi connectivity index (χ3v) is 5.71. The van der Waals surface area contributed by atoms with Gasteiger partial charge >= 0.3 is 0 Å². The van der Waals surface area contributed by atoms with E-state index in [1.165, 1.54) is 37.8 Å². The van der Waals surface area contributed by atoms with Crippen molar-refractivity contribution < 1.29 is 8.85 Å². The van der Waals surface area contributed by atoms with Crippen molar-refractivity contribution in [2.45, 2.75) is 37.8 Å². The molecule has 0 amide bonds. The number of rotatable bonds is 0. The lowest BCUT2D eigenvalue weighted by Crippen LogP contribution is -2.32. The van der Waals surface area contributed by atoms with Gasteiger partial charge in [-0.15, -0.1) is 0 Å². The molecule has 0 bridgehead atoms. The molecular formula is C8H22N2O2Si2. The lowest BCUT2D eigenvalue weighted by molar-refractivity contribution is 0.287. The molecule has 2 fully saturated rings. The molecule has 0 saturated carbocycles. The van der Waals surface area contributed by atoms with E-state index in [-0.39, 0.29) is 0 Å². The van der Waals surface area contributed by atoms with E-state index in [1.807, 2.05) is 0 Å². The molecule has 2 atom stereocenters. The quantitative estimate of drug-likeness (QED) is 0.577. The maximum Gasteiger partial charge on any atom is 0.249 e. The van der Waals surface area contributed by atoms with Gasteiger partial charge in [-0.2, -0.15) is 0 Å². The maximum absolute atomic E-state index is 5.55. The second-order valence-corrected chi connectivity index (χ2v) is 7.79. The average molecular weight is 234 g/mol. The highest BCUT2D eigenvalue weighted by atomic mass is 28.3. The molecule has 2 rings (SSSR count). The highest BCUT2D eigenvalue weighted by Crippen LogP contribution is 2.06. The van der Waals surface area contributed by atoms with Crippen LogP contribution in [-0.2, 0) is 8.85 Å². The minimum atomic E-state index is -1.09. The van der Waals surface area contributed by atoms with Crippen molar-refractivity contribution in [3.63, 3.8) is 0 Å². The Morgan fingerprint density at radius 1 is 0.714 bits per heavy atom. The summed E-state index contributed by atoms with van der Waals surface area (Å²) in [5, 5.41) is 11.1. The molecule has 0 aromatic heterocycles. The monoisotopic (exact) mass is 234 g/mol. The van der Waals surface area contributed by atoms with Crippen molar-refractivity contribution in [1.82, 2.24) is 0 Å². The van der Waals surface area contributed by atoms with Crippen LogP contribution in [0.25, 0.3) is 0 Å². The standard InChI is InChI=1S/2C4H11NOSi/c2*5-7-4-2-1-3-6-7/h2*7H,1-5H2. The molecule has 2 unspecified atom stereocenters. The van der Waals surface area contributed by atoms with Gasteiger partial charge in [0.1, 0.15) is 0 Å². The molecule has 2 heterocycles. The zero-order chi connectivity index (χ0) is 10.2. The first kappa shape index (κ1) is 12.3. The Morgan fingerprint density at radius 2 is 1.14 bits per heavy atom. The van der Waals surface area contributed by atoms with E-state index in [2.05, 4.69) is 0 Å². The molecule has 0 radical (unpaired) electrons. The van der Waals surface area contributed by atoms with Crippen LogP contribution in [-0.4, -0.2) is 31.6 Å². The van der Waals surface area contributed by atoms with Gasteiger partial charge in [-0.25, -0.2) is 0 Å². The van der Waals surface area contributed by atoms with Crippen LogP contribution < -0.4 is 10.8 Å². The lowest BCUT2D eigenvalue weighted by atomic mass is 10.4. The van der Waals surface area contributed by atoms with E-state index >= 15 is 0 Å². The van der Waals surface area contributed by atoms with E-state index in [0.717, 1.165) is 13.2 Å². The first-order valence-corrected chi connectivity index (χ1v) is 9.44. The second-order valence-electron chi connectivity index (χ2n) is 3.81. The predicted molar refractivity (Wildman–Crippen MR) is 62.7 cm³/mol. The van der Waals surface area contributed by atoms with Crippen LogP contribution in [0.5, 0.6) is 0 Å². The fourth-order valence-electron chi connectivity index (χ4n) is 1.53. The summed E-state index contributed by atoms with van der Waals surface area (Å²) >= 11 is 0. The summed E-state index contributed by atoms with van der Waals surface area (Å²) in [5.41, 5.74) is 0. The number of hydrogen-bond donors (Lipinski definition) is 2. The van der Waals surface area contributed by atoms with Crippen molar-refractivity contribution >= 4 is 18.4 Å². The van der Waals surface area contributed by atoms with E-state index in [9.17, 15) is 0 Å². The Labute approximate surface area is 89.6 Å². The Morgan fingerprint density at radius 3 is 1.29 bits per heavy atom. The first-order valence-electron chi connectivity index (χ1n) is 5.53. The molecule has 0 aliphatic carbocycles. The second kappa shape index (κ2) is 7.55. The number of hydrogen-bond acceptors (Lipinski definition) is 4. The third kappa shape index (κ3) is 5.89. The SMILES string of the molecule is N[SiH]1CCCCO1.N[SiH]1CCCCO1. The molecule has 4 nitrogen and oxygen atoms in total. The summed E-state index contributed by atoms with van der Waals surface area (Å²) < 4.78 is 10.4. The Hall–Kier alpha value is 0.274. The molecule has 2 aliphatic rings. The van der Waals surface area contributed by atoms with Crippen molar-refractivity contribution in [3.05, 3.63) is 0 Å². The fraction of sp³-hybridized carbons (Fsp3) is 1.00. The molecule has 0 spiro atoms. The molecule has 2 saturated heterocycles. The van der Waals surface area contributed by atoms with Crippen molar-refractivity contribution in [2.24, 2.45) is 10.8 Å². The summed E-state index contributed by atoms with van der Waals surface area (Å²) in [4.78, 5) is 0. The third-order valence-electron chi connectivity index (χ3n) is 2.43. The summed E-state index contributed by atoms with van der Waals surface area (Å²) in [6.07, 6.45) is 5.04. The summed E-state index contributed by atoms with van der Waals surface area (Å²) in [5.74, 6) is 0. The smallest absolute Gasteiger partial charge is 0.249 e. The van der Waals surface area contributed by atoms with Crippen LogP contribution in [0.1, 0.15) is 25.7 Å². The van der Waals surface area contributed by atoms with Gasteiger partial charge < -0.3 is 19.7 Å². The van der Waals surface area contributed by atoms with E-state index < -0.39 is 18.4 Å². The highest BCUT2D eigenvalue weighted by Gasteiger charge is 2.09. The van der Waals surface area contributed by atoms with Crippen LogP contribution in [0.2, 0.25) is 12.1 Å². The minimum Gasteiger partial charge on any atom is -0.406 e. The van der Waals surface area contributed by atoms with Gasteiger partial charge in [-0.3, -0.25) is 0 Å². The summed E-state index contributed by atoms with van der Waals surface area (Å²) in [6.45, 7) is 1.85. The maximum atomic E-state index is 5.55. The zero-order valence-electron chi connectivity index (χ0n) is 8.78. The minimum absolute atomic E-state index is 0.924. The Bertz CT molecular complexity index is 123. The normalized spacial score (nSPS) is 33.0.